The van der Waals surface area contributed by atoms with Crippen LogP contribution < -0.4 is 0 Å². The van der Waals surface area contributed by atoms with Crippen molar-refractivity contribution in [3.8, 4) is 0 Å². The van der Waals surface area contributed by atoms with E-state index in [0.29, 0.717) is 0 Å². The molecule has 0 radical (unpaired) electrons. The lowest BCUT2D eigenvalue weighted by molar-refractivity contribution is -0.379. The Morgan fingerprint density at radius 1 is 1.78 bits per heavy atom. The summed E-state index contributed by atoms with van der Waals surface area (Å²) in [6.07, 6.45) is -3.73. The maximum absolute atomic E-state index is 11.4. The molecule has 1 atom stereocenters. The van der Waals surface area contributed by atoms with E-state index in [-0.39, 0.29) is 0 Å². The molecule has 0 aliphatic heterocycles. The summed E-state index contributed by atoms with van der Waals surface area (Å²) < 4.78 is 26.6. The number of rotatable bonds is 3. The number of hydrogen-bond donors (Lipinski definition) is 1. The molecule has 0 spiro atoms. The summed E-state index contributed by atoms with van der Waals surface area (Å²) in [6, 6.07) is 0. The van der Waals surface area contributed by atoms with Gasteiger partial charge in [0.25, 0.3) is 0 Å². The number of halogens is 2. The maximum Gasteiger partial charge on any atom is 0.483 e. The molecule has 0 unspecified atom stereocenters. The smallest absolute Gasteiger partial charge is 0.311 e. The highest BCUT2D eigenvalue weighted by Crippen LogP contribution is 2.12. The zero-order valence-corrected chi connectivity index (χ0v) is 4.97. The number of ether oxygens (including phenoxy) is 1. The second-order valence-electron chi connectivity index (χ2n) is 1.54. The molecular weight excluding hydrogens is 130 g/mol. The minimum Gasteiger partial charge on any atom is -0.311 e. The highest BCUT2D eigenvalue weighted by molar-refractivity contribution is 4.75. The van der Waals surface area contributed by atoms with E-state index < -0.39 is 12.4 Å². The fraction of sp³-hybridized carbons (Fsp3) is 0.600. The van der Waals surface area contributed by atoms with Gasteiger partial charge in [-0.1, -0.05) is 6.08 Å². The predicted molar refractivity (Wildman–Crippen MR) is 27.9 cm³/mol. The maximum atomic E-state index is 11.4. The second-order valence-corrected chi connectivity index (χ2v) is 1.54. The lowest BCUT2D eigenvalue weighted by Gasteiger charge is -2.12. The third-order valence-corrected chi connectivity index (χ3v) is 0.660. The summed E-state index contributed by atoms with van der Waals surface area (Å²) in [6.45, 7) is 4.52. The monoisotopic (exact) mass is 138 g/mol. The van der Waals surface area contributed by atoms with Crippen LogP contribution in [0.1, 0.15) is 6.92 Å². The summed E-state index contributed by atoms with van der Waals surface area (Å²) in [4.78, 5) is 0. The Morgan fingerprint density at radius 2 is 2.22 bits per heavy atom. The molecule has 0 heterocycles. The fourth-order valence-electron chi connectivity index (χ4n) is 0.272. The van der Waals surface area contributed by atoms with Crippen LogP contribution in [0, 0.1) is 0 Å². The van der Waals surface area contributed by atoms with Gasteiger partial charge in [-0.05, 0) is 6.92 Å². The van der Waals surface area contributed by atoms with Gasteiger partial charge in [-0.15, -0.1) is 15.4 Å². The van der Waals surface area contributed by atoms with Gasteiger partial charge < -0.3 is 5.11 Å². The van der Waals surface area contributed by atoms with Crippen LogP contribution in [0.5, 0.6) is 0 Å². The Kier molecular flexibility index (Phi) is 2.73. The quantitative estimate of drug-likeness (QED) is 0.467. The molecule has 0 aromatic heterocycles. The Labute approximate surface area is 51.7 Å². The lowest BCUT2D eigenvalue weighted by Crippen LogP contribution is -2.24. The lowest BCUT2D eigenvalue weighted by atomic mass is 10.4. The number of aliphatic hydroxyl groups is 1. The molecule has 0 aromatic carbocycles. The SMILES string of the molecule is C=C[C@@H](C)OC(O)(F)F. The molecule has 0 aliphatic carbocycles. The van der Waals surface area contributed by atoms with E-state index in [1.807, 2.05) is 0 Å². The third-order valence-electron chi connectivity index (χ3n) is 0.660. The van der Waals surface area contributed by atoms with Crippen molar-refractivity contribution < 1.29 is 18.6 Å². The van der Waals surface area contributed by atoms with E-state index in [0.717, 1.165) is 6.08 Å². The van der Waals surface area contributed by atoms with Crippen LogP contribution in [0.25, 0.3) is 0 Å². The van der Waals surface area contributed by atoms with Crippen LogP contribution in [0.3, 0.4) is 0 Å². The van der Waals surface area contributed by atoms with Crippen LogP contribution in [-0.4, -0.2) is 17.5 Å². The van der Waals surface area contributed by atoms with Crippen molar-refractivity contribution in [2.24, 2.45) is 0 Å². The van der Waals surface area contributed by atoms with Crippen molar-refractivity contribution >= 4 is 0 Å². The van der Waals surface area contributed by atoms with Crippen LogP contribution in [0.4, 0.5) is 8.78 Å². The van der Waals surface area contributed by atoms with Crippen molar-refractivity contribution in [3.63, 3.8) is 0 Å². The molecule has 54 valence electrons. The Bertz CT molecular complexity index is 97.6. The molecule has 4 heteroatoms. The van der Waals surface area contributed by atoms with Crippen molar-refractivity contribution in [1.29, 1.82) is 0 Å². The molecular formula is C5H8F2O2. The summed E-state index contributed by atoms with van der Waals surface area (Å²) in [5.41, 5.74) is 0. The summed E-state index contributed by atoms with van der Waals surface area (Å²) >= 11 is 0. The first-order valence-corrected chi connectivity index (χ1v) is 2.36. The topological polar surface area (TPSA) is 29.5 Å². The Hall–Kier alpha value is -0.480. The first-order chi connectivity index (χ1) is 3.95. The number of hydrogen-bond acceptors (Lipinski definition) is 2. The van der Waals surface area contributed by atoms with E-state index in [2.05, 4.69) is 11.3 Å². The van der Waals surface area contributed by atoms with Gasteiger partial charge in [0.2, 0.25) is 0 Å². The van der Waals surface area contributed by atoms with Gasteiger partial charge in [0.1, 0.15) is 0 Å². The second kappa shape index (κ2) is 2.89. The van der Waals surface area contributed by atoms with Crippen LogP contribution >= 0.6 is 0 Å². The molecule has 0 bridgehead atoms. The minimum absolute atomic E-state index is 0.843. The minimum atomic E-state index is -4.05. The number of alkyl halides is 2. The standard InChI is InChI=1S/C5H8F2O2/c1-3-4(2)9-5(6,7)8/h3-4,8H,1H2,2H3/t4-/m1/s1. The summed E-state index contributed by atoms with van der Waals surface area (Å²) in [7, 11) is 0. The van der Waals surface area contributed by atoms with Gasteiger partial charge >= 0.3 is 6.29 Å². The van der Waals surface area contributed by atoms with Crippen LogP contribution in [-0.2, 0) is 4.74 Å². The largest absolute Gasteiger partial charge is 0.483 e. The molecule has 1 N–H and O–H groups in total. The van der Waals surface area contributed by atoms with Crippen molar-refractivity contribution in [2.75, 3.05) is 0 Å². The zero-order valence-electron chi connectivity index (χ0n) is 4.97. The molecule has 0 amide bonds. The van der Waals surface area contributed by atoms with Gasteiger partial charge in [-0.2, -0.15) is 0 Å². The first kappa shape index (κ1) is 8.52. The van der Waals surface area contributed by atoms with E-state index in [9.17, 15) is 8.78 Å². The zero-order chi connectivity index (χ0) is 7.49. The van der Waals surface area contributed by atoms with Gasteiger partial charge in [0, 0.05) is 0 Å². The van der Waals surface area contributed by atoms with Crippen molar-refractivity contribution in [3.05, 3.63) is 12.7 Å². The van der Waals surface area contributed by atoms with Gasteiger partial charge in [0.05, 0.1) is 6.10 Å². The van der Waals surface area contributed by atoms with Crippen LogP contribution in [0.15, 0.2) is 12.7 Å². The third kappa shape index (κ3) is 5.39. The molecule has 0 fully saturated rings. The summed E-state index contributed by atoms with van der Waals surface area (Å²) in [5, 5.41) is 7.72. The molecule has 0 aromatic rings. The fourth-order valence-corrected chi connectivity index (χ4v) is 0.272. The molecule has 2 nitrogen and oxygen atoms in total. The average molecular weight is 138 g/mol. The Morgan fingerprint density at radius 3 is 2.33 bits per heavy atom. The predicted octanol–water partition coefficient (Wildman–Crippen LogP) is 1.12. The molecule has 0 saturated carbocycles. The van der Waals surface area contributed by atoms with Crippen LogP contribution in [0.2, 0.25) is 0 Å². The van der Waals surface area contributed by atoms with E-state index in [1.54, 1.807) is 0 Å². The van der Waals surface area contributed by atoms with E-state index in [4.69, 9.17) is 5.11 Å². The molecule has 9 heavy (non-hydrogen) atoms. The van der Waals surface area contributed by atoms with E-state index in [1.165, 1.54) is 6.92 Å². The van der Waals surface area contributed by atoms with Crippen molar-refractivity contribution in [2.45, 2.75) is 19.3 Å². The van der Waals surface area contributed by atoms with Gasteiger partial charge in [-0.25, -0.2) is 0 Å². The Balaban J connectivity index is 3.59. The van der Waals surface area contributed by atoms with Gasteiger partial charge in [0.15, 0.2) is 0 Å². The molecule has 0 aliphatic rings. The summed E-state index contributed by atoms with van der Waals surface area (Å²) in [5.74, 6) is 0. The normalized spacial score (nSPS) is 15.1. The highest BCUT2D eigenvalue weighted by Gasteiger charge is 2.27. The first-order valence-electron chi connectivity index (χ1n) is 2.36. The molecule has 0 saturated heterocycles. The van der Waals surface area contributed by atoms with Crippen molar-refractivity contribution in [1.82, 2.24) is 0 Å². The average Bonchev–Trinajstić information content (AvgIpc) is 1.62. The van der Waals surface area contributed by atoms with Gasteiger partial charge in [-0.3, -0.25) is 4.74 Å². The van der Waals surface area contributed by atoms with E-state index >= 15 is 0 Å². The highest BCUT2D eigenvalue weighted by atomic mass is 19.3. The molecule has 0 rings (SSSR count).